The van der Waals surface area contributed by atoms with E-state index in [2.05, 4.69) is 57.1 Å². The maximum Gasteiger partial charge on any atom is 0.176 e. The first-order valence-corrected chi connectivity index (χ1v) is 18.3. The van der Waals surface area contributed by atoms with Gasteiger partial charge < -0.3 is 36.5 Å². The Morgan fingerprint density at radius 2 is 0.589 bits per heavy atom. The van der Waals surface area contributed by atoms with E-state index in [1.165, 1.54) is 25.7 Å². The zero-order valence-corrected chi connectivity index (χ0v) is 35.9. The zero-order valence-electron chi connectivity index (χ0n) is 32.4. The molecule has 8 rings (SSSR count). The molecule has 56 heavy (non-hydrogen) atoms. The van der Waals surface area contributed by atoms with Crippen LogP contribution in [-0.2, 0) is 75.7 Å². The fourth-order valence-corrected chi connectivity index (χ4v) is 5.73. The van der Waals surface area contributed by atoms with Crippen molar-refractivity contribution >= 4 is 12.6 Å². The van der Waals surface area contributed by atoms with Gasteiger partial charge in [0.05, 0.1) is 0 Å². The first-order chi connectivity index (χ1) is 26.2. The molecule has 8 aromatic rings. The monoisotopic (exact) mass is 958 g/mol. The molecule has 0 aromatic carbocycles. The number of hydrogen-bond acceptors (Lipinski definition) is 9. The summed E-state index contributed by atoms with van der Waals surface area (Å²) in [6.45, 7) is 1.01. The number of thiol groups is 1. The Hall–Kier alpha value is -5.33. The molecule has 0 unspecified atom stereocenters. The fraction of sp³-hybridized carbons (Fsp3) is 0.368. The molecule has 8 aromatic heterocycles. The first-order valence-electron chi connectivity index (χ1n) is 17.6. The Kier molecular flexibility index (Phi) is 17.9. The number of aromatic nitrogens is 16. The Labute approximate surface area is 347 Å². The van der Waals surface area contributed by atoms with Crippen molar-refractivity contribution in [3.63, 3.8) is 0 Å². The van der Waals surface area contributed by atoms with Crippen LogP contribution in [0.5, 0.6) is 0 Å². The van der Waals surface area contributed by atoms with E-state index in [0.29, 0.717) is 0 Å². The van der Waals surface area contributed by atoms with Gasteiger partial charge in [0.25, 0.3) is 0 Å². The summed E-state index contributed by atoms with van der Waals surface area (Å²) >= 11 is 4.22. The van der Waals surface area contributed by atoms with Gasteiger partial charge in [0.1, 0.15) is 0 Å². The van der Waals surface area contributed by atoms with Crippen LogP contribution in [0.1, 0.15) is 33.1 Å². The van der Waals surface area contributed by atoms with Crippen molar-refractivity contribution in [2.45, 2.75) is 39.7 Å². The number of rotatable bonds is 10. The number of hydrogen-bond donors (Lipinski definition) is 1. The second-order valence-corrected chi connectivity index (χ2v) is 13.1. The molecule has 18 heteroatoms. The van der Waals surface area contributed by atoms with Crippen LogP contribution < -0.4 is 0 Å². The summed E-state index contributed by atoms with van der Waals surface area (Å²) in [5.74, 6) is 8.22. The van der Waals surface area contributed by atoms with E-state index in [1.54, 1.807) is 43.4 Å². The van der Waals surface area contributed by atoms with Gasteiger partial charge in [-0.05, 0) is 18.6 Å². The third-order valence-electron chi connectivity index (χ3n) is 8.57. The summed E-state index contributed by atoms with van der Waals surface area (Å²) in [5.41, 5.74) is 0. The van der Waals surface area contributed by atoms with Crippen molar-refractivity contribution in [1.29, 1.82) is 0 Å². The maximum absolute atomic E-state index is 4.40. The van der Waals surface area contributed by atoms with Crippen LogP contribution in [0.15, 0.2) is 99.1 Å². The molecule has 0 spiro atoms. The topological polar surface area (TPSA) is 143 Å². The van der Waals surface area contributed by atoms with Gasteiger partial charge in [0.15, 0.2) is 46.6 Å². The largest absolute Gasteiger partial charge is 0.331 e. The number of unbranched alkanes of at least 4 members (excludes halogenated alkanes) is 3. The molecule has 0 amide bonds. The molecular weight excluding hydrogens is 903 g/mol. The molecule has 0 aliphatic heterocycles. The predicted octanol–water partition coefficient (Wildman–Crippen LogP) is 5.87. The van der Waals surface area contributed by atoms with Gasteiger partial charge in [-0.15, -0.1) is 0 Å². The molecule has 0 radical (unpaired) electrons. The molecule has 16 nitrogen and oxygen atoms in total. The van der Waals surface area contributed by atoms with E-state index in [-0.39, 0.29) is 27.2 Å². The van der Waals surface area contributed by atoms with E-state index in [4.69, 9.17) is 0 Å². The zero-order chi connectivity index (χ0) is 38.5. The van der Waals surface area contributed by atoms with Gasteiger partial charge in [-0.25, -0.2) is 39.9 Å². The number of nitrogens with zero attached hydrogens (tertiary/aromatic N) is 16. The van der Waals surface area contributed by atoms with Gasteiger partial charge in [-0.3, -0.25) is 0 Å². The van der Waals surface area contributed by atoms with Crippen LogP contribution in [0.25, 0.3) is 46.6 Å². The summed E-state index contributed by atoms with van der Waals surface area (Å²) in [6, 6.07) is 0. The van der Waals surface area contributed by atoms with Crippen LogP contribution in [0.2, 0.25) is 0 Å². The predicted molar refractivity (Wildman–Crippen MR) is 220 cm³/mol. The normalized spacial score (nSPS) is 10.3. The SMILES string of the molecule is C.Cn1ccnc1-c1nccn1C.Cn1ccnc1-c1nccn1C.Cn1ccnc1-c1nccn1C.Cn1ccnc1-c1nccn1CCCCCCS.[Os]. The third kappa shape index (κ3) is 11.6. The summed E-state index contributed by atoms with van der Waals surface area (Å²) in [7, 11) is 13.7. The van der Waals surface area contributed by atoms with Crippen molar-refractivity contribution in [3.05, 3.63) is 99.1 Å². The molecule has 0 saturated heterocycles. The minimum atomic E-state index is 0. The molecule has 0 aliphatic carbocycles. The molecule has 300 valence electrons. The quantitative estimate of drug-likeness (QED) is 0.133. The summed E-state index contributed by atoms with van der Waals surface area (Å²) in [6.07, 6.45) is 34.6. The van der Waals surface area contributed by atoms with E-state index in [9.17, 15) is 0 Å². The molecule has 0 aliphatic rings. The summed E-state index contributed by atoms with van der Waals surface area (Å²) in [5, 5.41) is 0. The van der Waals surface area contributed by atoms with Crippen LogP contribution in [0.4, 0.5) is 0 Å². The second kappa shape index (κ2) is 22.3. The molecular formula is C38H54N16OsS. The average molecular weight is 957 g/mol. The third-order valence-corrected chi connectivity index (χ3v) is 8.89. The smallest absolute Gasteiger partial charge is 0.176 e. The molecule has 0 bridgehead atoms. The second-order valence-electron chi connectivity index (χ2n) is 12.6. The van der Waals surface area contributed by atoms with Crippen molar-refractivity contribution < 1.29 is 19.8 Å². The van der Waals surface area contributed by atoms with Crippen molar-refractivity contribution in [1.82, 2.24) is 76.4 Å². The Balaban J connectivity index is 0.000000201. The van der Waals surface area contributed by atoms with E-state index in [1.807, 2.05) is 137 Å². The van der Waals surface area contributed by atoms with E-state index < -0.39 is 0 Å². The minimum Gasteiger partial charge on any atom is -0.331 e. The van der Waals surface area contributed by atoms with Gasteiger partial charge in [0.2, 0.25) is 0 Å². The van der Waals surface area contributed by atoms with E-state index in [0.717, 1.165) is 58.9 Å². The van der Waals surface area contributed by atoms with Gasteiger partial charge in [-0.1, -0.05) is 20.3 Å². The van der Waals surface area contributed by atoms with Crippen LogP contribution >= 0.6 is 12.6 Å². The maximum atomic E-state index is 4.40. The van der Waals surface area contributed by atoms with Gasteiger partial charge >= 0.3 is 0 Å². The first kappa shape index (κ1) is 45.1. The standard InChI is InChI=1S/C13H20N4S.3C8H10N4.CH4.Os/c1-16-9-6-14-12(16)13-15-7-10-17(13)8-4-2-3-5-11-18;3*1-11-5-3-9-7(11)8-10-4-6-12(8)2;;/h6-7,9-10,18H,2-5,8,11H2,1H3;3*3-6H,1-2H3;1H4;. The molecule has 0 N–H and O–H groups in total. The minimum absolute atomic E-state index is 0. The Morgan fingerprint density at radius 3 is 0.839 bits per heavy atom. The van der Waals surface area contributed by atoms with Crippen molar-refractivity contribution in [2.24, 2.45) is 49.3 Å². The van der Waals surface area contributed by atoms with Crippen LogP contribution in [0, 0.1) is 0 Å². The molecule has 0 saturated carbocycles. The Morgan fingerprint density at radius 1 is 0.357 bits per heavy atom. The molecule has 8 heterocycles. The Bertz CT molecular complexity index is 1980. The molecule has 0 atom stereocenters. The van der Waals surface area contributed by atoms with Crippen molar-refractivity contribution in [2.75, 3.05) is 5.75 Å². The van der Waals surface area contributed by atoms with E-state index >= 15 is 0 Å². The summed E-state index contributed by atoms with van der Waals surface area (Å²) < 4.78 is 15.9. The molecule has 0 fully saturated rings. The number of aryl methyl sites for hydroxylation is 8. The number of imidazole rings is 8. The van der Waals surface area contributed by atoms with Crippen LogP contribution in [0.3, 0.4) is 0 Å². The fourth-order valence-electron chi connectivity index (χ4n) is 5.51. The van der Waals surface area contributed by atoms with Gasteiger partial charge in [-0.2, -0.15) is 12.6 Å². The average Bonchev–Trinajstić information content (AvgIpc) is 4.00. The summed E-state index contributed by atoms with van der Waals surface area (Å²) in [4.78, 5) is 33.9. The van der Waals surface area contributed by atoms with Gasteiger partial charge in [0, 0.05) is 175 Å². The van der Waals surface area contributed by atoms with Crippen LogP contribution in [-0.4, -0.2) is 82.2 Å². The van der Waals surface area contributed by atoms with Crippen molar-refractivity contribution in [3.8, 4) is 46.6 Å².